The summed E-state index contributed by atoms with van der Waals surface area (Å²) in [5.74, 6) is -1.27. The van der Waals surface area contributed by atoms with Crippen molar-refractivity contribution >= 4 is 46.1 Å². The number of benzene rings is 1. The zero-order valence-electron chi connectivity index (χ0n) is 10.6. The minimum absolute atomic E-state index is 0.182. The molecule has 1 amide bonds. The van der Waals surface area contributed by atoms with Crippen molar-refractivity contribution in [1.29, 1.82) is 0 Å². The fraction of sp³-hybridized carbons (Fsp3) is 0.385. The Balaban J connectivity index is 2.81. The third kappa shape index (κ3) is 4.99. The van der Waals surface area contributed by atoms with Crippen LogP contribution in [0.5, 0.6) is 0 Å². The Bertz CT molecular complexity index is 491. The van der Waals surface area contributed by atoms with Crippen molar-refractivity contribution < 1.29 is 14.7 Å². The van der Waals surface area contributed by atoms with Crippen molar-refractivity contribution in [2.24, 2.45) is 5.92 Å². The van der Waals surface area contributed by atoms with Crippen LogP contribution in [0.25, 0.3) is 0 Å². The first kappa shape index (κ1) is 16.2. The molecule has 0 aliphatic rings. The Kier molecular flexibility index (Phi) is 6.06. The minimum atomic E-state index is -1.03. The first-order valence-corrected chi connectivity index (χ1v) is 7.25. The van der Waals surface area contributed by atoms with E-state index in [0.717, 1.165) is 3.57 Å². The predicted molar refractivity (Wildman–Crippen MR) is 82.5 cm³/mol. The molecule has 0 saturated carbocycles. The summed E-state index contributed by atoms with van der Waals surface area (Å²) in [6.45, 7) is 3.81. The molecular formula is C13H15ClINO3. The van der Waals surface area contributed by atoms with E-state index in [0.29, 0.717) is 17.0 Å². The van der Waals surface area contributed by atoms with Gasteiger partial charge in [0.05, 0.1) is 5.02 Å². The standard InChI is InChI=1S/C13H15ClINO3/c1-7(2)5-11(13(18)19)16-12(17)8-3-4-10(15)9(14)6-8/h3-4,6-7,11H,5H2,1-2H3,(H,16,17)(H,18,19). The van der Waals surface area contributed by atoms with Crippen molar-refractivity contribution in [3.63, 3.8) is 0 Å². The summed E-state index contributed by atoms with van der Waals surface area (Å²) in [5, 5.41) is 12.1. The number of amides is 1. The predicted octanol–water partition coefficient (Wildman–Crippen LogP) is 3.17. The van der Waals surface area contributed by atoms with Crippen LogP contribution in [0, 0.1) is 9.49 Å². The van der Waals surface area contributed by atoms with Crippen LogP contribution in [-0.4, -0.2) is 23.0 Å². The van der Waals surface area contributed by atoms with E-state index in [9.17, 15) is 9.59 Å². The molecule has 6 heteroatoms. The number of aliphatic carboxylic acids is 1. The van der Waals surface area contributed by atoms with Crippen LogP contribution in [0.1, 0.15) is 30.6 Å². The summed E-state index contributed by atoms with van der Waals surface area (Å²) >= 11 is 8.00. The summed E-state index contributed by atoms with van der Waals surface area (Å²) in [7, 11) is 0. The maximum atomic E-state index is 12.0. The maximum Gasteiger partial charge on any atom is 0.326 e. The van der Waals surface area contributed by atoms with E-state index in [1.54, 1.807) is 12.1 Å². The van der Waals surface area contributed by atoms with Crippen LogP contribution in [0.2, 0.25) is 5.02 Å². The Labute approximate surface area is 130 Å². The number of nitrogens with one attached hydrogen (secondary N) is 1. The number of carbonyl (C=O) groups excluding carboxylic acids is 1. The second-order valence-corrected chi connectivity index (χ2v) is 6.19. The number of carbonyl (C=O) groups is 2. The molecule has 0 radical (unpaired) electrons. The molecule has 1 aromatic rings. The molecule has 0 heterocycles. The zero-order chi connectivity index (χ0) is 14.6. The third-order valence-corrected chi connectivity index (χ3v) is 4.06. The number of halogens is 2. The molecule has 0 aromatic heterocycles. The van der Waals surface area contributed by atoms with E-state index in [2.05, 4.69) is 27.9 Å². The highest BCUT2D eigenvalue weighted by molar-refractivity contribution is 14.1. The van der Waals surface area contributed by atoms with Gasteiger partial charge in [0, 0.05) is 9.13 Å². The number of carboxylic acid groups (broad SMARTS) is 1. The molecule has 0 saturated heterocycles. The Morgan fingerprint density at radius 2 is 2.05 bits per heavy atom. The second-order valence-electron chi connectivity index (χ2n) is 4.62. The van der Waals surface area contributed by atoms with Gasteiger partial charge in [0.1, 0.15) is 6.04 Å². The molecule has 4 nitrogen and oxygen atoms in total. The molecule has 0 spiro atoms. The van der Waals surface area contributed by atoms with E-state index in [1.807, 2.05) is 13.8 Å². The molecule has 1 unspecified atom stereocenters. The van der Waals surface area contributed by atoms with Gasteiger partial charge in [0.25, 0.3) is 5.91 Å². The molecular weight excluding hydrogens is 381 g/mol. The van der Waals surface area contributed by atoms with Crippen molar-refractivity contribution in [3.8, 4) is 0 Å². The average molecular weight is 396 g/mol. The normalized spacial score (nSPS) is 12.3. The number of hydrogen-bond acceptors (Lipinski definition) is 2. The smallest absolute Gasteiger partial charge is 0.326 e. The largest absolute Gasteiger partial charge is 0.480 e. The molecule has 1 rings (SSSR count). The highest BCUT2D eigenvalue weighted by Gasteiger charge is 2.21. The highest BCUT2D eigenvalue weighted by Crippen LogP contribution is 2.19. The summed E-state index contributed by atoms with van der Waals surface area (Å²) in [4.78, 5) is 23.0. The Morgan fingerprint density at radius 1 is 1.42 bits per heavy atom. The lowest BCUT2D eigenvalue weighted by atomic mass is 10.0. The lowest BCUT2D eigenvalue weighted by molar-refractivity contribution is -0.139. The summed E-state index contributed by atoms with van der Waals surface area (Å²) < 4.78 is 0.841. The molecule has 0 aliphatic carbocycles. The number of hydrogen-bond donors (Lipinski definition) is 2. The Morgan fingerprint density at radius 3 is 2.53 bits per heavy atom. The van der Waals surface area contributed by atoms with E-state index in [4.69, 9.17) is 16.7 Å². The minimum Gasteiger partial charge on any atom is -0.480 e. The maximum absolute atomic E-state index is 12.0. The van der Waals surface area contributed by atoms with Gasteiger partial charge in [0.15, 0.2) is 0 Å². The van der Waals surface area contributed by atoms with Gasteiger partial charge in [-0.3, -0.25) is 4.79 Å². The van der Waals surface area contributed by atoms with Gasteiger partial charge in [-0.05, 0) is 53.1 Å². The molecule has 0 aliphatic heterocycles. The van der Waals surface area contributed by atoms with E-state index >= 15 is 0 Å². The van der Waals surface area contributed by atoms with Gasteiger partial charge in [-0.1, -0.05) is 25.4 Å². The Hall–Kier alpha value is -0.820. The van der Waals surface area contributed by atoms with Crippen molar-refractivity contribution in [2.45, 2.75) is 26.3 Å². The average Bonchev–Trinajstić information content (AvgIpc) is 2.31. The molecule has 0 bridgehead atoms. The number of carboxylic acids is 1. The summed E-state index contributed by atoms with van der Waals surface area (Å²) in [6.07, 6.45) is 0.388. The summed E-state index contributed by atoms with van der Waals surface area (Å²) in [5.41, 5.74) is 0.362. The fourth-order valence-electron chi connectivity index (χ4n) is 1.57. The van der Waals surface area contributed by atoms with E-state index in [-0.39, 0.29) is 5.92 Å². The van der Waals surface area contributed by atoms with E-state index in [1.165, 1.54) is 6.07 Å². The number of rotatable bonds is 5. The van der Waals surface area contributed by atoms with Crippen molar-refractivity contribution in [2.75, 3.05) is 0 Å². The zero-order valence-corrected chi connectivity index (χ0v) is 13.5. The highest BCUT2D eigenvalue weighted by atomic mass is 127. The first-order chi connectivity index (χ1) is 8.81. The van der Waals surface area contributed by atoms with Gasteiger partial charge in [0.2, 0.25) is 0 Å². The van der Waals surface area contributed by atoms with Crippen LogP contribution in [-0.2, 0) is 4.79 Å². The molecule has 19 heavy (non-hydrogen) atoms. The van der Waals surface area contributed by atoms with E-state index < -0.39 is 17.9 Å². The second kappa shape index (κ2) is 7.09. The third-order valence-electron chi connectivity index (χ3n) is 2.49. The first-order valence-electron chi connectivity index (χ1n) is 5.80. The molecule has 2 N–H and O–H groups in total. The molecule has 1 atom stereocenters. The van der Waals surface area contributed by atoms with Crippen molar-refractivity contribution in [3.05, 3.63) is 32.4 Å². The molecule has 0 fully saturated rings. The van der Waals surface area contributed by atoms with Crippen LogP contribution in [0.15, 0.2) is 18.2 Å². The lowest BCUT2D eigenvalue weighted by Gasteiger charge is -2.16. The van der Waals surface area contributed by atoms with Crippen LogP contribution in [0.3, 0.4) is 0 Å². The van der Waals surface area contributed by atoms with Gasteiger partial charge < -0.3 is 10.4 Å². The van der Waals surface area contributed by atoms with Gasteiger partial charge >= 0.3 is 5.97 Å². The van der Waals surface area contributed by atoms with Crippen molar-refractivity contribution in [1.82, 2.24) is 5.32 Å². The van der Waals surface area contributed by atoms with Crippen LogP contribution >= 0.6 is 34.2 Å². The van der Waals surface area contributed by atoms with Gasteiger partial charge in [-0.15, -0.1) is 0 Å². The summed E-state index contributed by atoms with van der Waals surface area (Å²) in [6, 6.07) is 3.99. The SMILES string of the molecule is CC(C)CC(NC(=O)c1ccc(I)c(Cl)c1)C(=O)O. The molecule has 104 valence electrons. The quantitative estimate of drug-likeness (QED) is 0.753. The van der Waals surface area contributed by atoms with Crippen LogP contribution < -0.4 is 5.32 Å². The van der Waals surface area contributed by atoms with Gasteiger partial charge in [-0.25, -0.2) is 4.79 Å². The fourth-order valence-corrected chi connectivity index (χ4v) is 2.09. The lowest BCUT2D eigenvalue weighted by Crippen LogP contribution is -2.41. The topological polar surface area (TPSA) is 66.4 Å². The monoisotopic (exact) mass is 395 g/mol. The van der Waals surface area contributed by atoms with Crippen LogP contribution in [0.4, 0.5) is 0 Å². The molecule has 1 aromatic carbocycles. The van der Waals surface area contributed by atoms with Gasteiger partial charge in [-0.2, -0.15) is 0 Å².